The van der Waals surface area contributed by atoms with Crippen LogP contribution in [0.4, 0.5) is 16.2 Å². The van der Waals surface area contributed by atoms with Crippen LogP contribution >= 0.6 is 0 Å². The normalized spacial score (nSPS) is 17.5. The maximum Gasteiger partial charge on any atom is 0.222 e. The van der Waals surface area contributed by atoms with Gasteiger partial charge < -0.3 is 11.1 Å². The van der Waals surface area contributed by atoms with Crippen LogP contribution in [0.1, 0.15) is 19.8 Å². The Kier molecular flexibility index (Phi) is 2.70. The van der Waals surface area contributed by atoms with Crippen LogP contribution in [0.25, 0.3) is 0 Å². The summed E-state index contributed by atoms with van der Waals surface area (Å²) in [5.41, 5.74) is 5.38. The van der Waals surface area contributed by atoms with Crippen LogP contribution in [0.5, 0.6) is 0 Å². The Balaban J connectivity index is 1.94. The average molecular weight is 210 g/mol. The lowest BCUT2D eigenvalue weighted by Crippen LogP contribution is -2.15. The molecular formula is C10H15FN4. The van der Waals surface area contributed by atoms with Crippen LogP contribution < -0.4 is 11.1 Å². The molecule has 15 heavy (non-hydrogen) atoms. The Hall–Kier alpha value is -1.39. The van der Waals surface area contributed by atoms with E-state index < -0.39 is 5.82 Å². The maximum absolute atomic E-state index is 13.2. The van der Waals surface area contributed by atoms with Crippen molar-refractivity contribution >= 4 is 11.8 Å². The van der Waals surface area contributed by atoms with Crippen LogP contribution in [0, 0.1) is 17.7 Å². The molecule has 0 radical (unpaired) electrons. The third kappa shape index (κ3) is 2.55. The first-order valence-electron chi connectivity index (χ1n) is 5.18. The average Bonchev–Trinajstić information content (AvgIpc) is 3.02. The Morgan fingerprint density at radius 1 is 1.67 bits per heavy atom. The molecule has 1 aliphatic carbocycles. The van der Waals surface area contributed by atoms with Crippen molar-refractivity contribution in [3.8, 4) is 0 Å². The molecule has 4 nitrogen and oxygen atoms in total. The molecule has 2 rings (SSSR count). The Bertz CT molecular complexity index is 351. The molecule has 1 aromatic heterocycles. The summed E-state index contributed by atoms with van der Waals surface area (Å²) in [6, 6.07) is 0. The number of halogens is 1. The second-order valence-corrected chi connectivity index (χ2v) is 4.12. The van der Waals surface area contributed by atoms with E-state index in [1.807, 2.05) is 0 Å². The SMILES string of the molecule is CC(CNc1nc(N)ncc1F)C1CC1. The summed E-state index contributed by atoms with van der Waals surface area (Å²) in [6.07, 6.45) is 3.67. The molecule has 5 heteroatoms. The molecule has 0 bridgehead atoms. The summed E-state index contributed by atoms with van der Waals surface area (Å²) >= 11 is 0. The Morgan fingerprint density at radius 3 is 3.07 bits per heavy atom. The first-order valence-corrected chi connectivity index (χ1v) is 5.18. The maximum atomic E-state index is 13.2. The van der Waals surface area contributed by atoms with E-state index in [1.54, 1.807) is 0 Å². The summed E-state index contributed by atoms with van der Waals surface area (Å²) in [4.78, 5) is 7.37. The zero-order chi connectivity index (χ0) is 10.8. The molecule has 1 heterocycles. The molecule has 0 aliphatic heterocycles. The number of rotatable bonds is 4. The first-order chi connectivity index (χ1) is 7.16. The molecule has 1 saturated carbocycles. The number of nitrogens with zero attached hydrogens (tertiary/aromatic N) is 2. The van der Waals surface area contributed by atoms with E-state index in [0.717, 1.165) is 18.7 Å². The number of nitrogen functional groups attached to an aromatic ring is 1. The molecule has 1 aliphatic rings. The Labute approximate surface area is 88.1 Å². The molecule has 1 atom stereocenters. The van der Waals surface area contributed by atoms with Gasteiger partial charge in [-0.05, 0) is 24.7 Å². The van der Waals surface area contributed by atoms with Crippen molar-refractivity contribution in [2.45, 2.75) is 19.8 Å². The molecule has 82 valence electrons. The third-order valence-corrected chi connectivity index (χ3v) is 2.78. The topological polar surface area (TPSA) is 63.8 Å². The van der Waals surface area contributed by atoms with Crippen LogP contribution in [-0.2, 0) is 0 Å². The predicted molar refractivity (Wildman–Crippen MR) is 56.8 cm³/mol. The number of nitrogens with two attached hydrogens (primary N) is 1. The Morgan fingerprint density at radius 2 is 2.40 bits per heavy atom. The van der Waals surface area contributed by atoms with Crippen molar-refractivity contribution in [2.75, 3.05) is 17.6 Å². The highest BCUT2D eigenvalue weighted by Gasteiger charge is 2.27. The fourth-order valence-corrected chi connectivity index (χ4v) is 1.59. The van der Waals surface area contributed by atoms with Gasteiger partial charge in [-0.3, -0.25) is 0 Å². The van der Waals surface area contributed by atoms with Crippen LogP contribution in [-0.4, -0.2) is 16.5 Å². The minimum Gasteiger partial charge on any atom is -0.368 e. The summed E-state index contributed by atoms with van der Waals surface area (Å²) in [7, 11) is 0. The molecule has 0 spiro atoms. The molecule has 1 fully saturated rings. The van der Waals surface area contributed by atoms with E-state index in [2.05, 4.69) is 22.2 Å². The second kappa shape index (κ2) is 4.00. The highest BCUT2D eigenvalue weighted by atomic mass is 19.1. The van der Waals surface area contributed by atoms with Gasteiger partial charge in [0.2, 0.25) is 5.95 Å². The molecule has 1 unspecified atom stereocenters. The van der Waals surface area contributed by atoms with Crippen LogP contribution in [0.15, 0.2) is 6.20 Å². The lowest BCUT2D eigenvalue weighted by molar-refractivity contribution is 0.532. The van der Waals surface area contributed by atoms with Crippen molar-refractivity contribution in [3.63, 3.8) is 0 Å². The van der Waals surface area contributed by atoms with E-state index in [4.69, 9.17) is 5.73 Å². The van der Waals surface area contributed by atoms with Crippen molar-refractivity contribution in [2.24, 2.45) is 11.8 Å². The number of aromatic nitrogens is 2. The van der Waals surface area contributed by atoms with Gasteiger partial charge in [0.05, 0.1) is 6.20 Å². The van der Waals surface area contributed by atoms with Crippen molar-refractivity contribution in [1.82, 2.24) is 9.97 Å². The van der Waals surface area contributed by atoms with Gasteiger partial charge in [-0.25, -0.2) is 9.37 Å². The van der Waals surface area contributed by atoms with Crippen LogP contribution in [0.3, 0.4) is 0 Å². The molecule has 0 aromatic carbocycles. The van der Waals surface area contributed by atoms with Crippen molar-refractivity contribution in [3.05, 3.63) is 12.0 Å². The minimum atomic E-state index is -0.452. The summed E-state index contributed by atoms with van der Waals surface area (Å²) in [5.74, 6) is 1.19. The van der Waals surface area contributed by atoms with E-state index in [1.165, 1.54) is 12.8 Å². The van der Waals surface area contributed by atoms with Gasteiger partial charge in [0.15, 0.2) is 11.6 Å². The number of hydrogen-bond donors (Lipinski definition) is 2. The van der Waals surface area contributed by atoms with E-state index in [0.29, 0.717) is 5.92 Å². The van der Waals surface area contributed by atoms with E-state index in [9.17, 15) is 4.39 Å². The molecule has 0 amide bonds. The lowest BCUT2D eigenvalue weighted by Gasteiger charge is -2.12. The number of hydrogen-bond acceptors (Lipinski definition) is 4. The van der Waals surface area contributed by atoms with Gasteiger partial charge in [-0.1, -0.05) is 6.92 Å². The van der Waals surface area contributed by atoms with Crippen molar-refractivity contribution in [1.29, 1.82) is 0 Å². The zero-order valence-corrected chi connectivity index (χ0v) is 8.70. The quantitative estimate of drug-likeness (QED) is 0.793. The van der Waals surface area contributed by atoms with Gasteiger partial charge >= 0.3 is 0 Å². The number of nitrogens with one attached hydrogen (secondary N) is 1. The highest BCUT2D eigenvalue weighted by Crippen LogP contribution is 2.36. The molecule has 1 aromatic rings. The second-order valence-electron chi connectivity index (χ2n) is 4.12. The first kappa shape index (κ1) is 10.1. The fraction of sp³-hybridized carbons (Fsp3) is 0.600. The minimum absolute atomic E-state index is 0.0953. The monoisotopic (exact) mass is 210 g/mol. The van der Waals surface area contributed by atoms with Crippen molar-refractivity contribution < 1.29 is 4.39 Å². The number of anilines is 2. The third-order valence-electron chi connectivity index (χ3n) is 2.78. The lowest BCUT2D eigenvalue weighted by atomic mass is 10.1. The molecular weight excluding hydrogens is 195 g/mol. The zero-order valence-electron chi connectivity index (χ0n) is 8.70. The van der Waals surface area contributed by atoms with Gasteiger partial charge in [0.1, 0.15) is 0 Å². The van der Waals surface area contributed by atoms with Gasteiger partial charge in [0, 0.05) is 6.54 Å². The fourth-order valence-electron chi connectivity index (χ4n) is 1.59. The summed E-state index contributed by atoms with van der Waals surface area (Å²) in [5, 5.41) is 2.97. The van der Waals surface area contributed by atoms with Gasteiger partial charge in [0.25, 0.3) is 0 Å². The van der Waals surface area contributed by atoms with E-state index in [-0.39, 0.29) is 11.8 Å². The smallest absolute Gasteiger partial charge is 0.222 e. The predicted octanol–water partition coefficient (Wildman–Crippen LogP) is 1.66. The summed E-state index contributed by atoms with van der Waals surface area (Å²) < 4.78 is 13.2. The molecule has 3 N–H and O–H groups in total. The van der Waals surface area contributed by atoms with Gasteiger partial charge in [-0.2, -0.15) is 4.98 Å². The largest absolute Gasteiger partial charge is 0.368 e. The van der Waals surface area contributed by atoms with Gasteiger partial charge in [-0.15, -0.1) is 0 Å². The standard InChI is InChI=1S/C10H15FN4/c1-6(7-2-3-7)4-13-9-8(11)5-14-10(12)15-9/h5-7H,2-4H2,1H3,(H3,12,13,14,15). The highest BCUT2D eigenvalue weighted by molar-refractivity contribution is 5.39. The van der Waals surface area contributed by atoms with Crippen LogP contribution in [0.2, 0.25) is 0 Å². The van der Waals surface area contributed by atoms with E-state index >= 15 is 0 Å². The summed E-state index contributed by atoms with van der Waals surface area (Å²) in [6.45, 7) is 2.89. The molecule has 0 saturated heterocycles.